The highest BCUT2D eigenvalue weighted by molar-refractivity contribution is 5.34. The van der Waals surface area contributed by atoms with Crippen molar-refractivity contribution in [2.24, 2.45) is 0 Å². The topological polar surface area (TPSA) is 41.1 Å². The van der Waals surface area contributed by atoms with E-state index in [4.69, 9.17) is 4.98 Å². The number of rotatable bonds is 5. The highest BCUT2D eigenvalue weighted by atomic mass is 15.3. The summed E-state index contributed by atoms with van der Waals surface area (Å²) in [5.41, 5.74) is 2.28. The van der Waals surface area contributed by atoms with Gasteiger partial charge >= 0.3 is 0 Å². The van der Waals surface area contributed by atoms with Gasteiger partial charge in [0.05, 0.1) is 0 Å². The van der Waals surface area contributed by atoms with E-state index in [9.17, 15) is 0 Å². The van der Waals surface area contributed by atoms with Crippen molar-refractivity contribution in [2.45, 2.75) is 58.5 Å². The fraction of sp³-hybridized carbons (Fsp3) is 0.733. The zero-order valence-corrected chi connectivity index (χ0v) is 12.4. The average Bonchev–Trinajstić information content (AvgIpc) is 2.44. The van der Waals surface area contributed by atoms with Gasteiger partial charge in [0.25, 0.3) is 0 Å². The van der Waals surface area contributed by atoms with E-state index in [2.05, 4.69) is 29.0 Å². The van der Waals surface area contributed by atoms with E-state index >= 15 is 0 Å². The highest BCUT2D eigenvalue weighted by Gasteiger charge is 2.22. The Labute approximate surface area is 116 Å². The Hall–Kier alpha value is -1.16. The molecule has 0 unspecified atom stereocenters. The molecule has 0 aromatic carbocycles. The van der Waals surface area contributed by atoms with Crippen molar-refractivity contribution in [3.05, 3.63) is 17.5 Å². The number of nitrogens with one attached hydrogen (secondary N) is 1. The molecule has 1 fully saturated rings. The quantitative estimate of drug-likeness (QED) is 0.885. The molecule has 1 aromatic rings. The standard InChI is InChI=1S/C15H26N4/c1-4-19(14-8-6-5-7-9-14)15-17-11-13(10-16-3)12(2)18-15/h11,14,16H,4-10H2,1-3H3. The van der Waals surface area contributed by atoms with Crippen LogP contribution < -0.4 is 10.2 Å². The second-order valence-corrected chi connectivity index (χ2v) is 5.39. The number of aryl methyl sites for hydroxylation is 1. The van der Waals surface area contributed by atoms with Crippen molar-refractivity contribution < 1.29 is 0 Å². The van der Waals surface area contributed by atoms with E-state index < -0.39 is 0 Å². The number of nitrogens with zero attached hydrogens (tertiary/aromatic N) is 3. The van der Waals surface area contributed by atoms with Crippen molar-refractivity contribution >= 4 is 5.95 Å². The van der Waals surface area contributed by atoms with Gasteiger partial charge in [0.15, 0.2) is 0 Å². The molecular formula is C15H26N4. The highest BCUT2D eigenvalue weighted by Crippen LogP contribution is 2.25. The van der Waals surface area contributed by atoms with E-state index in [0.29, 0.717) is 6.04 Å². The molecule has 1 N–H and O–H groups in total. The first-order chi connectivity index (χ1) is 9.26. The van der Waals surface area contributed by atoms with Crippen LogP contribution in [0.4, 0.5) is 5.95 Å². The largest absolute Gasteiger partial charge is 0.338 e. The SMILES string of the molecule is CCN(c1ncc(CNC)c(C)n1)C1CCCCC1. The average molecular weight is 262 g/mol. The van der Waals surface area contributed by atoms with Gasteiger partial charge in [-0.3, -0.25) is 0 Å². The lowest BCUT2D eigenvalue weighted by Gasteiger charge is -2.33. The third-order valence-electron chi connectivity index (χ3n) is 4.05. The summed E-state index contributed by atoms with van der Waals surface area (Å²) in [4.78, 5) is 11.7. The molecule has 1 aliphatic carbocycles. The van der Waals surface area contributed by atoms with E-state index in [1.807, 2.05) is 13.2 Å². The molecule has 1 saturated carbocycles. The van der Waals surface area contributed by atoms with Gasteiger partial charge in [0, 0.05) is 36.6 Å². The Morgan fingerprint density at radius 2 is 2.05 bits per heavy atom. The van der Waals surface area contributed by atoms with Crippen LogP contribution in [0.3, 0.4) is 0 Å². The maximum Gasteiger partial charge on any atom is 0.225 e. The first-order valence-corrected chi connectivity index (χ1v) is 7.50. The molecule has 2 rings (SSSR count). The first-order valence-electron chi connectivity index (χ1n) is 7.50. The predicted molar refractivity (Wildman–Crippen MR) is 79.4 cm³/mol. The van der Waals surface area contributed by atoms with Crippen LogP contribution in [-0.2, 0) is 6.54 Å². The minimum atomic E-state index is 0.633. The molecule has 0 saturated heterocycles. The molecule has 0 bridgehead atoms. The first kappa shape index (κ1) is 14.3. The Morgan fingerprint density at radius 1 is 1.32 bits per heavy atom. The fourth-order valence-corrected chi connectivity index (χ4v) is 2.94. The second kappa shape index (κ2) is 6.85. The summed E-state index contributed by atoms with van der Waals surface area (Å²) in [7, 11) is 1.95. The zero-order chi connectivity index (χ0) is 13.7. The zero-order valence-electron chi connectivity index (χ0n) is 12.4. The Kier molecular flexibility index (Phi) is 5.14. The summed E-state index contributed by atoms with van der Waals surface area (Å²) in [5.74, 6) is 0.909. The van der Waals surface area contributed by atoms with E-state index in [0.717, 1.165) is 24.7 Å². The van der Waals surface area contributed by atoms with Crippen LogP contribution in [0.5, 0.6) is 0 Å². The van der Waals surface area contributed by atoms with Crippen LogP contribution in [0, 0.1) is 6.92 Å². The predicted octanol–water partition coefficient (Wildman–Crippen LogP) is 2.66. The molecule has 4 nitrogen and oxygen atoms in total. The van der Waals surface area contributed by atoms with Crippen molar-refractivity contribution in [1.82, 2.24) is 15.3 Å². The van der Waals surface area contributed by atoms with E-state index in [1.165, 1.54) is 37.7 Å². The summed E-state index contributed by atoms with van der Waals surface area (Å²) in [6, 6.07) is 0.633. The molecule has 0 aliphatic heterocycles. The number of aromatic nitrogens is 2. The van der Waals surface area contributed by atoms with Gasteiger partial charge in [-0.15, -0.1) is 0 Å². The molecular weight excluding hydrogens is 236 g/mol. The van der Waals surface area contributed by atoms with Crippen molar-refractivity contribution in [3.8, 4) is 0 Å². The molecule has 1 heterocycles. The number of hydrogen-bond donors (Lipinski definition) is 1. The maximum atomic E-state index is 4.71. The monoisotopic (exact) mass is 262 g/mol. The molecule has 4 heteroatoms. The molecule has 0 amide bonds. The van der Waals surface area contributed by atoms with E-state index in [-0.39, 0.29) is 0 Å². The number of hydrogen-bond acceptors (Lipinski definition) is 4. The van der Waals surface area contributed by atoms with Crippen LogP contribution in [0.1, 0.15) is 50.3 Å². The summed E-state index contributed by atoms with van der Waals surface area (Å²) < 4.78 is 0. The minimum Gasteiger partial charge on any atom is -0.338 e. The van der Waals surface area contributed by atoms with Gasteiger partial charge in [-0.25, -0.2) is 9.97 Å². The molecule has 0 radical (unpaired) electrons. The van der Waals surface area contributed by atoms with Crippen LogP contribution >= 0.6 is 0 Å². The van der Waals surface area contributed by atoms with E-state index in [1.54, 1.807) is 0 Å². The van der Waals surface area contributed by atoms with Gasteiger partial charge in [-0.2, -0.15) is 0 Å². The van der Waals surface area contributed by atoms with Crippen molar-refractivity contribution in [2.75, 3.05) is 18.5 Å². The Morgan fingerprint density at radius 3 is 2.63 bits per heavy atom. The third-order valence-corrected chi connectivity index (χ3v) is 4.05. The van der Waals surface area contributed by atoms with Crippen LogP contribution in [0.15, 0.2) is 6.20 Å². The van der Waals surface area contributed by atoms with Gasteiger partial charge in [0.1, 0.15) is 0 Å². The summed E-state index contributed by atoms with van der Waals surface area (Å²) >= 11 is 0. The lowest BCUT2D eigenvalue weighted by Crippen LogP contribution is -2.38. The molecule has 0 spiro atoms. The minimum absolute atomic E-state index is 0.633. The third kappa shape index (κ3) is 3.44. The summed E-state index contributed by atoms with van der Waals surface area (Å²) in [5, 5.41) is 3.16. The molecule has 19 heavy (non-hydrogen) atoms. The maximum absolute atomic E-state index is 4.71. The van der Waals surface area contributed by atoms with Crippen LogP contribution in [0.2, 0.25) is 0 Å². The Bertz CT molecular complexity index is 399. The lowest BCUT2D eigenvalue weighted by molar-refractivity contribution is 0.414. The molecule has 1 aliphatic rings. The fourth-order valence-electron chi connectivity index (χ4n) is 2.94. The van der Waals surface area contributed by atoms with Crippen molar-refractivity contribution in [1.29, 1.82) is 0 Å². The molecule has 0 atom stereocenters. The number of anilines is 1. The smallest absolute Gasteiger partial charge is 0.225 e. The summed E-state index contributed by atoms with van der Waals surface area (Å²) in [6.07, 6.45) is 8.62. The Balaban J connectivity index is 2.15. The molecule has 106 valence electrons. The second-order valence-electron chi connectivity index (χ2n) is 5.39. The van der Waals surface area contributed by atoms with Gasteiger partial charge in [-0.1, -0.05) is 19.3 Å². The summed E-state index contributed by atoms with van der Waals surface area (Å²) in [6.45, 7) is 6.11. The normalized spacial score (nSPS) is 16.6. The van der Waals surface area contributed by atoms with Crippen LogP contribution in [-0.4, -0.2) is 29.6 Å². The van der Waals surface area contributed by atoms with Crippen LogP contribution in [0.25, 0.3) is 0 Å². The van der Waals surface area contributed by atoms with Gasteiger partial charge < -0.3 is 10.2 Å². The van der Waals surface area contributed by atoms with Gasteiger partial charge in [0.2, 0.25) is 5.95 Å². The van der Waals surface area contributed by atoms with Gasteiger partial charge in [-0.05, 0) is 33.7 Å². The molecule has 1 aromatic heterocycles. The van der Waals surface area contributed by atoms with Crippen molar-refractivity contribution in [3.63, 3.8) is 0 Å². The lowest BCUT2D eigenvalue weighted by atomic mass is 9.94.